The summed E-state index contributed by atoms with van der Waals surface area (Å²) in [5.74, 6) is 0.361. The summed E-state index contributed by atoms with van der Waals surface area (Å²) in [6.07, 6.45) is 1.47. The number of nitrogens with zero attached hydrogens (tertiary/aromatic N) is 1. The molecule has 1 unspecified atom stereocenters. The molecule has 0 bridgehead atoms. The predicted octanol–water partition coefficient (Wildman–Crippen LogP) is 3.56. The largest absolute Gasteiger partial charge is 0.494 e. The molecule has 6 nitrogen and oxygen atoms in total. The van der Waals surface area contributed by atoms with Crippen molar-refractivity contribution in [1.29, 1.82) is 0 Å². The quantitative estimate of drug-likeness (QED) is 0.676. The molecule has 0 spiro atoms. The molecule has 0 aliphatic rings. The zero-order valence-electron chi connectivity index (χ0n) is 17.7. The number of benzene rings is 2. The van der Waals surface area contributed by atoms with Crippen molar-refractivity contribution in [2.45, 2.75) is 46.7 Å². The molecule has 2 aromatic rings. The predicted molar refractivity (Wildman–Crippen MR) is 117 cm³/mol. The minimum atomic E-state index is -3.66. The number of nitrogens with one attached hydrogen (secondary N) is 1. The second-order valence-electron chi connectivity index (χ2n) is 7.01. The molecule has 0 aliphatic carbocycles. The Morgan fingerprint density at radius 3 is 2.38 bits per heavy atom. The van der Waals surface area contributed by atoms with Gasteiger partial charge in [-0.2, -0.15) is 0 Å². The van der Waals surface area contributed by atoms with Gasteiger partial charge in [0.05, 0.1) is 18.6 Å². The van der Waals surface area contributed by atoms with E-state index >= 15 is 0 Å². The van der Waals surface area contributed by atoms with E-state index in [1.54, 1.807) is 19.1 Å². The molecule has 0 saturated carbocycles. The van der Waals surface area contributed by atoms with Gasteiger partial charge < -0.3 is 10.1 Å². The van der Waals surface area contributed by atoms with Crippen LogP contribution in [0, 0.1) is 13.8 Å². The minimum absolute atomic E-state index is 0.260. The lowest BCUT2D eigenvalue weighted by atomic mass is 10.1. The van der Waals surface area contributed by atoms with Crippen LogP contribution in [0.15, 0.2) is 42.5 Å². The molecule has 0 aromatic heterocycles. The molecule has 0 radical (unpaired) electrons. The summed E-state index contributed by atoms with van der Waals surface area (Å²) < 4.78 is 32.0. The number of carbonyl (C=O) groups is 1. The van der Waals surface area contributed by atoms with Crippen LogP contribution in [-0.2, 0) is 21.4 Å². The fourth-order valence-corrected chi connectivity index (χ4v) is 4.37. The Kier molecular flexibility index (Phi) is 7.67. The first-order valence-electron chi connectivity index (χ1n) is 9.74. The summed E-state index contributed by atoms with van der Waals surface area (Å²) in [6, 6.07) is 12.0. The Hall–Kier alpha value is -2.54. The molecule has 29 heavy (non-hydrogen) atoms. The smallest absolute Gasteiger partial charge is 0.244 e. The highest BCUT2D eigenvalue weighted by molar-refractivity contribution is 7.92. The lowest BCUT2D eigenvalue weighted by Gasteiger charge is -2.30. The Balaban J connectivity index is 2.28. The van der Waals surface area contributed by atoms with Crippen LogP contribution >= 0.6 is 0 Å². The molecular weight excluding hydrogens is 388 g/mol. The van der Waals surface area contributed by atoms with Crippen LogP contribution in [0.3, 0.4) is 0 Å². The molecule has 0 aliphatic heterocycles. The average Bonchev–Trinajstić information content (AvgIpc) is 2.66. The number of aryl methyl sites for hydroxylation is 2. The van der Waals surface area contributed by atoms with Crippen LogP contribution < -0.4 is 14.4 Å². The number of hydrogen-bond acceptors (Lipinski definition) is 4. The van der Waals surface area contributed by atoms with Gasteiger partial charge in [-0.1, -0.05) is 31.2 Å². The van der Waals surface area contributed by atoms with Gasteiger partial charge in [0.25, 0.3) is 0 Å². The van der Waals surface area contributed by atoms with Crippen LogP contribution in [-0.4, -0.2) is 33.2 Å². The van der Waals surface area contributed by atoms with E-state index < -0.39 is 16.1 Å². The molecule has 0 heterocycles. The van der Waals surface area contributed by atoms with Crippen molar-refractivity contribution < 1.29 is 17.9 Å². The number of ether oxygens (including phenoxy) is 1. The molecule has 7 heteroatoms. The summed E-state index contributed by atoms with van der Waals surface area (Å²) >= 11 is 0. The van der Waals surface area contributed by atoms with E-state index in [1.165, 1.54) is 4.31 Å². The van der Waals surface area contributed by atoms with E-state index in [1.807, 2.05) is 51.1 Å². The van der Waals surface area contributed by atoms with Crippen LogP contribution in [0.25, 0.3) is 0 Å². The topological polar surface area (TPSA) is 75.7 Å². The molecule has 1 atom stereocenters. The van der Waals surface area contributed by atoms with E-state index in [9.17, 15) is 13.2 Å². The summed E-state index contributed by atoms with van der Waals surface area (Å²) in [6.45, 7) is 8.37. The van der Waals surface area contributed by atoms with Crippen LogP contribution in [0.5, 0.6) is 5.75 Å². The lowest BCUT2D eigenvalue weighted by molar-refractivity contribution is -0.122. The molecule has 2 aromatic carbocycles. The fourth-order valence-electron chi connectivity index (χ4n) is 3.17. The highest BCUT2D eigenvalue weighted by atomic mass is 32.2. The van der Waals surface area contributed by atoms with Gasteiger partial charge in [-0.05, 0) is 56.5 Å². The van der Waals surface area contributed by atoms with E-state index in [0.29, 0.717) is 24.5 Å². The Morgan fingerprint density at radius 2 is 1.79 bits per heavy atom. The lowest BCUT2D eigenvalue weighted by Crippen LogP contribution is -2.49. The normalized spacial score (nSPS) is 12.3. The number of carbonyl (C=O) groups excluding carboxylic acids is 1. The molecule has 1 amide bonds. The van der Waals surface area contributed by atoms with Gasteiger partial charge in [0.2, 0.25) is 15.9 Å². The maximum absolute atomic E-state index is 13.0. The summed E-state index contributed by atoms with van der Waals surface area (Å²) in [5.41, 5.74) is 3.37. The van der Waals surface area contributed by atoms with Crippen LogP contribution in [0.4, 0.5) is 5.69 Å². The van der Waals surface area contributed by atoms with Gasteiger partial charge >= 0.3 is 0 Å². The Labute approximate surface area is 173 Å². The van der Waals surface area contributed by atoms with Gasteiger partial charge in [-0.15, -0.1) is 0 Å². The zero-order chi connectivity index (χ0) is 21.6. The first-order valence-corrected chi connectivity index (χ1v) is 11.6. The second kappa shape index (κ2) is 9.78. The average molecular weight is 419 g/mol. The monoisotopic (exact) mass is 418 g/mol. The first-order chi connectivity index (χ1) is 13.7. The fraction of sp³-hybridized carbons (Fsp3) is 0.409. The maximum atomic E-state index is 13.0. The van der Waals surface area contributed by atoms with Crippen molar-refractivity contribution in [3.05, 3.63) is 59.2 Å². The third-order valence-corrected chi connectivity index (χ3v) is 5.98. The first kappa shape index (κ1) is 22.7. The highest BCUT2D eigenvalue weighted by Crippen LogP contribution is 2.25. The summed E-state index contributed by atoms with van der Waals surface area (Å²) in [4.78, 5) is 13.0. The van der Waals surface area contributed by atoms with Crippen molar-refractivity contribution in [2.75, 3.05) is 17.2 Å². The van der Waals surface area contributed by atoms with Crippen molar-refractivity contribution in [2.24, 2.45) is 0 Å². The number of anilines is 1. The highest BCUT2D eigenvalue weighted by Gasteiger charge is 2.31. The minimum Gasteiger partial charge on any atom is -0.494 e. The van der Waals surface area contributed by atoms with Crippen LogP contribution in [0.2, 0.25) is 0 Å². The number of amides is 1. The van der Waals surface area contributed by atoms with Gasteiger partial charge in [0, 0.05) is 12.1 Å². The summed E-state index contributed by atoms with van der Waals surface area (Å²) in [5, 5.41) is 2.87. The van der Waals surface area contributed by atoms with Gasteiger partial charge in [0.15, 0.2) is 0 Å². The van der Waals surface area contributed by atoms with E-state index in [4.69, 9.17) is 4.74 Å². The molecular formula is C22H30N2O4S. The van der Waals surface area contributed by atoms with E-state index in [0.717, 1.165) is 22.9 Å². The number of hydrogen-bond donors (Lipinski definition) is 1. The van der Waals surface area contributed by atoms with Crippen molar-refractivity contribution in [3.8, 4) is 5.75 Å². The summed E-state index contributed by atoms with van der Waals surface area (Å²) in [7, 11) is -3.66. The SMILES string of the molecule is CCOc1ccccc1CNC(=O)C(CC)N(c1ccc(C)c(C)c1)S(C)(=O)=O. The third kappa shape index (κ3) is 5.73. The van der Waals surface area contributed by atoms with Crippen LogP contribution in [0.1, 0.15) is 37.0 Å². The third-order valence-electron chi connectivity index (χ3n) is 4.80. The number of sulfonamides is 1. The zero-order valence-corrected chi connectivity index (χ0v) is 18.5. The van der Waals surface area contributed by atoms with Gasteiger partial charge in [-0.25, -0.2) is 8.42 Å². The Morgan fingerprint density at radius 1 is 1.10 bits per heavy atom. The molecule has 0 saturated heterocycles. The maximum Gasteiger partial charge on any atom is 0.244 e. The van der Waals surface area contributed by atoms with Crippen molar-refractivity contribution in [3.63, 3.8) is 0 Å². The number of rotatable bonds is 9. The Bertz CT molecular complexity index is 957. The van der Waals surface area contributed by atoms with Gasteiger partial charge in [-0.3, -0.25) is 9.10 Å². The van der Waals surface area contributed by atoms with Gasteiger partial charge in [0.1, 0.15) is 11.8 Å². The molecule has 158 valence electrons. The molecule has 1 N–H and O–H groups in total. The second-order valence-corrected chi connectivity index (χ2v) is 8.87. The van der Waals surface area contributed by atoms with E-state index in [-0.39, 0.29) is 12.5 Å². The van der Waals surface area contributed by atoms with Crippen molar-refractivity contribution >= 4 is 21.6 Å². The molecule has 0 fully saturated rings. The van der Waals surface area contributed by atoms with Crippen molar-refractivity contribution in [1.82, 2.24) is 5.32 Å². The van der Waals surface area contributed by atoms with E-state index in [2.05, 4.69) is 5.32 Å². The molecule has 2 rings (SSSR count). The number of para-hydroxylation sites is 1. The standard InChI is InChI=1S/C22H30N2O4S/c1-6-20(22(25)23-15-18-10-8-9-11-21(18)28-7-2)24(29(5,26)27)19-13-12-16(3)17(4)14-19/h8-14,20H,6-7,15H2,1-5H3,(H,23,25).